The van der Waals surface area contributed by atoms with Gasteiger partial charge < -0.3 is 9.47 Å². The van der Waals surface area contributed by atoms with E-state index in [-0.39, 0.29) is 0 Å². The number of rotatable bonds is 2. The molecule has 3 heteroatoms. The molecular weight excluding hydrogens is 280 g/mol. The molecule has 0 N–H and O–H groups in total. The molecule has 21 heavy (non-hydrogen) atoms. The summed E-state index contributed by atoms with van der Waals surface area (Å²) in [6.07, 6.45) is 2.34. The highest BCUT2D eigenvalue weighted by Gasteiger charge is 2.29. The maximum absolute atomic E-state index is 5.54. The van der Waals surface area contributed by atoms with Crippen LogP contribution in [0.1, 0.15) is 30.4 Å². The van der Waals surface area contributed by atoms with Crippen molar-refractivity contribution in [1.29, 1.82) is 0 Å². The molecule has 2 atom stereocenters. The topological polar surface area (TPSA) is 18.5 Å². The number of benzene rings is 2. The van der Waals surface area contributed by atoms with Gasteiger partial charge in [0.2, 0.25) is 6.79 Å². The van der Waals surface area contributed by atoms with Crippen LogP contribution >= 0.6 is 11.8 Å². The largest absolute Gasteiger partial charge is 0.454 e. The van der Waals surface area contributed by atoms with Gasteiger partial charge >= 0.3 is 0 Å². The summed E-state index contributed by atoms with van der Waals surface area (Å²) in [7, 11) is 0. The molecule has 0 saturated heterocycles. The molecule has 1 aliphatic heterocycles. The lowest BCUT2D eigenvalue weighted by Crippen LogP contribution is -2.20. The minimum atomic E-state index is 0.356. The van der Waals surface area contributed by atoms with Gasteiger partial charge in [-0.15, -0.1) is 11.8 Å². The van der Waals surface area contributed by atoms with Crippen molar-refractivity contribution in [3.63, 3.8) is 0 Å². The summed E-state index contributed by atoms with van der Waals surface area (Å²) < 4.78 is 11.0. The summed E-state index contributed by atoms with van der Waals surface area (Å²) in [5.41, 5.74) is 2.86. The molecule has 108 valence electrons. The van der Waals surface area contributed by atoms with E-state index in [2.05, 4.69) is 49.4 Å². The van der Waals surface area contributed by atoms with Gasteiger partial charge in [-0.25, -0.2) is 0 Å². The zero-order valence-electron chi connectivity index (χ0n) is 12.0. The van der Waals surface area contributed by atoms with E-state index >= 15 is 0 Å². The number of thioether (sulfide) groups is 1. The van der Waals surface area contributed by atoms with E-state index < -0.39 is 0 Å². The summed E-state index contributed by atoms with van der Waals surface area (Å²) in [6, 6.07) is 15.1. The molecule has 0 fully saturated rings. The SMILES string of the molecule is C[C@@H]1c2cc3c(cc2CC[C@H]1Sc1ccccc1)OCO3. The molecule has 0 radical (unpaired) electrons. The average Bonchev–Trinajstić information content (AvgIpc) is 2.97. The molecular formula is C18H18O2S. The quantitative estimate of drug-likeness (QED) is 0.805. The zero-order valence-corrected chi connectivity index (χ0v) is 12.9. The van der Waals surface area contributed by atoms with Crippen LogP contribution in [0.5, 0.6) is 11.5 Å². The van der Waals surface area contributed by atoms with E-state index in [4.69, 9.17) is 9.47 Å². The van der Waals surface area contributed by atoms with Crippen LogP contribution in [0.3, 0.4) is 0 Å². The van der Waals surface area contributed by atoms with Crippen LogP contribution in [0.4, 0.5) is 0 Å². The van der Waals surface area contributed by atoms with Crippen LogP contribution in [0.2, 0.25) is 0 Å². The fraction of sp³-hybridized carbons (Fsp3) is 0.333. The van der Waals surface area contributed by atoms with Crippen molar-refractivity contribution < 1.29 is 9.47 Å². The van der Waals surface area contributed by atoms with Crippen molar-refractivity contribution in [2.75, 3.05) is 6.79 Å². The van der Waals surface area contributed by atoms with Gasteiger partial charge in [0.1, 0.15) is 0 Å². The van der Waals surface area contributed by atoms with Gasteiger partial charge in [0.15, 0.2) is 11.5 Å². The molecule has 2 aromatic carbocycles. The second kappa shape index (κ2) is 5.30. The van der Waals surface area contributed by atoms with E-state index in [1.54, 1.807) is 0 Å². The van der Waals surface area contributed by atoms with Gasteiger partial charge in [-0.1, -0.05) is 25.1 Å². The van der Waals surface area contributed by atoms with Gasteiger partial charge in [0.05, 0.1) is 0 Å². The Bertz CT molecular complexity index is 654. The van der Waals surface area contributed by atoms with Crippen molar-refractivity contribution in [1.82, 2.24) is 0 Å². The summed E-state index contributed by atoms with van der Waals surface area (Å²) in [5, 5.41) is 0.625. The fourth-order valence-electron chi connectivity index (χ4n) is 3.22. The van der Waals surface area contributed by atoms with Gasteiger partial charge in [-0.05, 0) is 54.2 Å². The molecule has 2 aromatic rings. The molecule has 0 amide bonds. The second-order valence-electron chi connectivity index (χ2n) is 5.70. The van der Waals surface area contributed by atoms with Crippen molar-refractivity contribution >= 4 is 11.8 Å². The summed E-state index contributed by atoms with van der Waals surface area (Å²) in [4.78, 5) is 1.36. The minimum Gasteiger partial charge on any atom is -0.454 e. The maximum atomic E-state index is 5.54. The minimum absolute atomic E-state index is 0.356. The molecule has 1 aliphatic carbocycles. The summed E-state index contributed by atoms with van der Waals surface area (Å²) >= 11 is 2.00. The maximum Gasteiger partial charge on any atom is 0.231 e. The van der Waals surface area contributed by atoms with E-state index in [1.165, 1.54) is 22.4 Å². The Labute approximate surface area is 129 Å². The first-order valence-electron chi connectivity index (χ1n) is 7.45. The highest BCUT2D eigenvalue weighted by molar-refractivity contribution is 8.00. The average molecular weight is 298 g/mol. The van der Waals surface area contributed by atoms with Crippen LogP contribution in [-0.4, -0.2) is 12.0 Å². The predicted molar refractivity (Wildman–Crippen MR) is 85.4 cm³/mol. The van der Waals surface area contributed by atoms with Crippen molar-refractivity contribution in [2.24, 2.45) is 0 Å². The van der Waals surface area contributed by atoms with Crippen molar-refractivity contribution in [3.05, 3.63) is 53.6 Å². The summed E-state index contributed by atoms with van der Waals surface area (Å²) in [5.74, 6) is 2.36. The first-order valence-corrected chi connectivity index (χ1v) is 8.33. The molecule has 0 bridgehead atoms. The molecule has 0 spiro atoms. The number of hydrogen-bond donors (Lipinski definition) is 0. The Kier molecular flexibility index (Phi) is 3.30. The lowest BCUT2D eigenvalue weighted by Gasteiger charge is -2.31. The molecule has 4 rings (SSSR count). The van der Waals surface area contributed by atoms with Crippen LogP contribution in [-0.2, 0) is 6.42 Å². The first-order chi connectivity index (χ1) is 10.3. The smallest absolute Gasteiger partial charge is 0.231 e. The standard InChI is InChI=1S/C18H18O2S/c1-12-15-10-17-16(19-11-20-17)9-13(15)7-8-18(12)21-14-5-3-2-4-6-14/h2-6,9-10,12,18H,7-8,11H2,1H3/t12-,18-/m1/s1. The predicted octanol–water partition coefficient (Wildman–Crippen LogP) is 4.63. The normalized spacial score (nSPS) is 22.9. The Morgan fingerprint density at radius 3 is 2.62 bits per heavy atom. The Balaban J connectivity index is 1.61. The highest BCUT2D eigenvalue weighted by Crippen LogP contribution is 2.45. The van der Waals surface area contributed by atoms with Crippen LogP contribution in [0.25, 0.3) is 0 Å². The molecule has 0 unspecified atom stereocenters. The van der Waals surface area contributed by atoms with Crippen molar-refractivity contribution in [3.8, 4) is 11.5 Å². The Morgan fingerprint density at radius 2 is 1.81 bits per heavy atom. The third-order valence-electron chi connectivity index (χ3n) is 4.41. The highest BCUT2D eigenvalue weighted by atomic mass is 32.2. The molecule has 2 nitrogen and oxygen atoms in total. The zero-order chi connectivity index (χ0) is 14.2. The van der Waals surface area contributed by atoms with E-state index in [0.717, 1.165) is 17.9 Å². The van der Waals surface area contributed by atoms with Crippen LogP contribution in [0, 0.1) is 0 Å². The Morgan fingerprint density at radius 1 is 1.05 bits per heavy atom. The molecule has 1 heterocycles. The third-order valence-corrected chi connectivity index (χ3v) is 5.90. The van der Waals surface area contributed by atoms with Gasteiger partial charge in [-0.3, -0.25) is 0 Å². The number of fused-ring (bicyclic) bond motifs is 2. The van der Waals surface area contributed by atoms with Crippen LogP contribution < -0.4 is 9.47 Å². The molecule has 2 aliphatic rings. The number of hydrogen-bond acceptors (Lipinski definition) is 3. The van der Waals surface area contributed by atoms with Gasteiger partial charge in [0, 0.05) is 10.1 Å². The molecule has 0 saturated carbocycles. The van der Waals surface area contributed by atoms with E-state index in [9.17, 15) is 0 Å². The lowest BCUT2D eigenvalue weighted by molar-refractivity contribution is 0.174. The third kappa shape index (κ3) is 2.40. The number of aryl methyl sites for hydroxylation is 1. The Hall–Kier alpha value is -1.61. The monoisotopic (exact) mass is 298 g/mol. The summed E-state index contributed by atoms with van der Waals surface area (Å²) in [6.45, 7) is 2.69. The lowest BCUT2D eigenvalue weighted by atomic mass is 9.83. The van der Waals surface area contributed by atoms with Gasteiger partial charge in [0.25, 0.3) is 0 Å². The number of ether oxygens (including phenoxy) is 2. The fourth-order valence-corrected chi connectivity index (χ4v) is 4.47. The van der Waals surface area contributed by atoms with Crippen molar-refractivity contribution in [2.45, 2.75) is 35.8 Å². The molecule has 0 aromatic heterocycles. The van der Waals surface area contributed by atoms with Gasteiger partial charge in [-0.2, -0.15) is 0 Å². The second-order valence-corrected chi connectivity index (χ2v) is 7.01. The first kappa shape index (κ1) is 13.1. The van der Waals surface area contributed by atoms with Crippen LogP contribution in [0.15, 0.2) is 47.4 Å². The van der Waals surface area contributed by atoms with E-state index in [1.807, 2.05) is 11.8 Å². The van der Waals surface area contributed by atoms with E-state index in [0.29, 0.717) is 18.0 Å².